The third kappa shape index (κ3) is 5.43. The number of aromatic carboxylic acids is 1. The van der Waals surface area contributed by atoms with Gasteiger partial charge in [0.15, 0.2) is 5.69 Å². The van der Waals surface area contributed by atoms with E-state index >= 15 is 0 Å². The number of benzene rings is 3. The minimum atomic E-state index is -1.09. The van der Waals surface area contributed by atoms with E-state index in [2.05, 4.69) is 48.4 Å². The number of carboxylic acid groups (broad SMARTS) is 1. The van der Waals surface area contributed by atoms with Crippen molar-refractivity contribution in [2.45, 2.75) is 45.7 Å². The highest BCUT2D eigenvalue weighted by Crippen LogP contribution is 2.44. The van der Waals surface area contributed by atoms with Crippen LogP contribution in [0.25, 0.3) is 11.1 Å². The SMILES string of the molecule is Cc1c(C(=O)O)nc([C@@H](CC(C)C)NC(=O)OCC2c3ccccc3-c3ccccc32)n1Cc1ccccc1. The maximum atomic E-state index is 13.2. The molecular formula is C32H33N3O4. The zero-order chi connectivity index (χ0) is 27.5. The fourth-order valence-corrected chi connectivity index (χ4v) is 5.47. The lowest BCUT2D eigenvalue weighted by atomic mass is 9.98. The van der Waals surface area contributed by atoms with Gasteiger partial charge in [-0.15, -0.1) is 0 Å². The smallest absolute Gasteiger partial charge is 0.407 e. The van der Waals surface area contributed by atoms with E-state index in [0.717, 1.165) is 16.7 Å². The van der Waals surface area contributed by atoms with Gasteiger partial charge in [-0.2, -0.15) is 0 Å². The molecule has 4 aromatic rings. The Hall–Kier alpha value is -4.39. The first-order valence-electron chi connectivity index (χ1n) is 13.3. The van der Waals surface area contributed by atoms with Crippen LogP contribution in [-0.4, -0.2) is 33.3 Å². The van der Waals surface area contributed by atoms with E-state index in [1.54, 1.807) is 6.92 Å². The van der Waals surface area contributed by atoms with Gasteiger partial charge in [-0.25, -0.2) is 14.6 Å². The molecule has 0 saturated carbocycles. The van der Waals surface area contributed by atoms with Gasteiger partial charge in [0.25, 0.3) is 0 Å². The summed E-state index contributed by atoms with van der Waals surface area (Å²) in [6, 6.07) is 25.7. The van der Waals surface area contributed by atoms with E-state index in [1.165, 1.54) is 11.1 Å². The van der Waals surface area contributed by atoms with Crippen LogP contribution in [0.1, 0.15) is 70.9 Å². The highest BCUT2D eigenvalue weighted by molar-refractivity contribution is 5.87. The molecule has 1 atom stereocenters. The first-order chi connectivity index (χ1) is 18.8. The Morgan fingerprint density at radius 1 is 0.949 bits per heavy atom. The second-order valence-electron chi connectivity index (χ2n) is 10.4. The largest absolute Gasteiger partial charge is 0.476 e. The number of nitrogens with one attached hydrogen (secondary N) is 1. The van der Waals surface area contributed by atoms with Gasteiger partial charge in [0.2, 0.25) is 0 Å². The van der Waals surface area contributed by atoms with E-state index in [-0.39, 0.29) is 24.1 Å². The summed E-state index contributed by atoms with van der Waals surface area (Å²) in [4.78, 5) is 29.7. The molecule has 200 valence electrons. The summed E-state index contributed by atoms with van der Waals surface area (Å²) < 4.78 is 7.70. The molecule has 0 saturated heterocycles. The van der Waals surface area contributed by atoms with Gasteiger partial charge in [0, 0.05) is 18.2 Å². The Labute approximate surface area is 228 Å². The normalized spacial score (nSPS) is 13.1. The van der Waals surface area contributed by atoms with Crippen molar-refractivity contribution in [2.75, 3.05) is 6.61 Å². The van der Waals surface area contributed by atoms with Gasteiger partial charge in [0.1, 0.15) is 12.4 Å². The maximum absolute atomic E-state index is 13.2. The van der Waals surface area contributed by atoms with Crippen molar-refractivity contribution in [1.82, 2.24) is 14.9 Å². The number of hydrogen-bond donors (Lipinski definition) is 2. The van der Waals surface area contributed by atoms with Crippen molar-refractivity contribution in [3.05, 3.63) is 113 Å². The van der Waals surface area contributed by atoms with E-state index in [4.69, 9.17) is 4.74 Å². The third-order valence-electron chi connectivity index (χ3n) is 7.29. The Morgan fingerprint density at radius 2 is 1.54 bits per heavy atom. The Balaban J connectivity index is 1.39. The number of nitrogens with zero attached hydrogens (tertiary/aromatic N) is 2. The molecule has 39 heavy (non-hydrogen) atoms. The average molecular weight is 524 g/mol. The summed E-state index contributed by atoms with van der Waals surface area (Å²) in [5.41, 5.74) is 6.17. The van der Waals surface area contributed by atoms with Crippen LogP contribution in [0.5, 0.6) is 0 Å². The quantitative estimate of drug-likeness (QED) is 0.259. The minimum Gasteiger partial charge on any atom is -0.476 e. The number of hydrogen-bond acceptors (Lipinski definition) is 4. The van der Waals surface area contributed by atoms with Crippen LogP contribution in [0.3, 0.4) is 0 Å². The van der Waals surface area contributed by atoms with Gasteiger partial charge in [-0.05, 0) is 47.1 Å². The number of carbonyl (C=O) groups excluding carboxylic acids is 1. The van der Waals surface area contributed by atoms with Crippen LogP contribution >= 0.6 is 0 Å². The molecule has 0 radical (unpaired) electrons. The number of imidazole rings is 1. The zero-order valence-electron chi connectivity index (χ0n) is 22.4. The number of aromatic nitrogens is 2. The van der Waals surface area contributed by atoms with Crippen LogP contribution < -0.4 is 5.32 Å². The molecule has 1 aliphatic rings. The van der Waals surface area contributed by atoms with Crippen LogP contribution in [-0.2, 0) is 11.3 Å². The van der Waals surface area contributed by atoms with Crippen LogP contribution in [0.4, 0.5) is 4.79 Å². The Bertz CT molecular complexity index is 1450. The molecule has 1 aliphatic carbocycles. The first kappa shape index (κ1) is 26.2. The third-order valence-corrected chi connectivity index (χ3v) is 7.29. The Kier molecular flexibility index (Phi) is 7.50. The number of rotatable bonds is 9. The second-order valence-corrected chi connectivity index (χ2v) is 10.4. The van der Waals surface area contributed by atoms with Gasteiger partial charge in [-0.1, -0.05) is 92.7 Å². The van der Waals surface area contributed by atoms with Crippen molar-refractivity contribution < 1.29 is 19.4 Å². The summed E-state index contributed by atoms with van der Waals surface area (Å²) >= 11 is 0. The predicted molar refractivity (Wildman–Crippen MR) is 150 cm³/mol. The minimum absolute atomic E-state index is 0.0102. The fraction of sp³-hybridized carbons (Fsp3) is 0.281. The number of carbonyl (C=O) groups is 2. The monoisotopic (exact) mass is 523 g/mol. The van der Waals surface area contributed by atoms with E-state index in [1.807, 2.05) is 59.2 Å². The molecule has 5 rings (SSSR count). The lowest BCUT2D eigenvalue weighted by molar-refractivity contribution is 0.0690. The van der Waals surface area contributed by atoms with Crippen LogP contribution in [0, 0.1) is 12.8 Å². The van der Waals surface area contributed by atoms with Gasteiger partial charge in [-0.3, -0.25) is 0 Å². The van der Waals surface area contributed by atoms with E-state index in [9.17, 15) is 14.7 Å². The lowest BCUT2D eigenvalue weighted by Gasteiger charge is -2.22. The molecule has 0 aliphatic heterocycles. The summed E-state index contributed by atoms with van der Waals surface area (Å²) in [7, 11) is 0. The molecule has 0 fully saturated rings. The van der Waals surface area contributed by atoms with Crippen molar-refractivity contribution >= 4 is 12.1 Å². The van der Waals surface area contributed by atoms with Crippen molar-refractivity contribution in [3.8, 4) is 11.1 Å². The number of alkyl carbamates (subject to hydrolysis) is 1. The van der Waals surface area contributed by atoms with Crippen LogP contribution in [0.15, 0.2) is 78.9 Å². The highest BCUT2D eigenvalue weighted by Gasteiger charge is 2.31. The standard InChI is InChI=1S/C32H33N3O4/c1-20(2)17-28(30-34-29(31(36)37)21(3)35(30)18-22-11-5-4-6-12-22)33-32(38)39-19-27-25-15-9-7-13-23(25)24-14-8-10-16-26(24)27/h4-16,20,27-28H,17-19H2,1-3H3,(H,33,38)(H,36,37)/t28-/m1/s1. The maximum Gasteiger partial charge on any atom is 0.407 e. The average Bonchev–Trinajstić information content (AvgIpc) is 3.42. The summed E-state index contributed by atoms with van der Waals surface area (Å²) in [5.74, 6) is -0.409. The topological polar surface area (TPSA) is 93.4 Å². The Morgan fingerprint density at radius 3 is 2.13 bits per heavy atom. The molecule has 1 aromatic heterocycles. The van der Waals surface area contributed by atoms with E-state index in [0.29, 0.717) is 24.5 Å². The lowest BCUT2D eigenvalue weighted by Crippen LogP contribution is -2.33. The van der Waals surface area contributed by atoms with Crippen molar-refractivity contribution in [2.24, 2.45) is 5.92 Å². The molecule has 0 spiro atoms. The summed E-state index contributed by atoms with van der Waals surface area (Å²) in [6.07, 6.45) is 0.0282. The summed E-state index contributed by atoms with van der Waals surface area (Å²) in [5, 5.41) is 12.8. The second kappa shape index (κ2) is 11.2. The molecule has 7 nitrogen and oxygen atoms in total. The number of ether oxygens (including phenoxy) is 1. The van der Waals surface area contributed by atoms with Crippen LogP contribution in [0.2, 0.25) is 0 Å². The summed E-state index contributed by atoms with van der Waals surface area (Å²) in [6.45, 7) is 6.52. The number of amides is 1. The highest BCUT2D eigenvalue weighted by atomic mass is 16.5. The fourth-order valence-electron chi connectivity index (χ4n) is 5.47. The molecule has 0 unspecified atom stereocenters. The van der Waals surface area contributed by atoms with Gasteiger partial charge < -0.3 is 19.7 Å². The molecular weight excluding hydrogens is 490 g/mol. The van der Waals surface area contributed by atoms with E-state index < -0.39 is 18.1 Å². The molecule has 0 bridgehead atoms. The molecule has 1 amide bonds. The predicted octanol–water partition coefficient (Wildman–Crippen LogP) is 6.56. The van der Waals surface area contributed by atoms with Gasteiger partial charge in [0.05, 0.1) is 6.04 Å². The number of carboxylic acids is 1. The molecule has 7 heteroatoms. The van der Waals surface area contributed by atoms with Crippen molar-refractivity contribution in [3.63, 3.8) is 0 Å². The molecule has 1 heterocycles. The molecule has 2 N–H and O–H groups in total. The first-order valence-corrected chi connectivity index (χ1v) is 13.3. The molecule has 3 aromatic carbocycles. The van der Waals surface area contributed by atoms with Gasteiger partial charge >= 0.3 is 12.1 Å². The zero-order valence-corrected chi connectivity index (χ0v) is 22.4. The van der Waals surface area contributed by atoms with Crippen molar-refractivity contribution in [1.29, 1.82) is 0 Å². The number of fused-ring (bicyclic) bond motifs is 3.